The number of aliphatic hydroxyl groups is 1. The molecule has 42 heavy (non-hydrogen) atoms. The number of hydrogen-bond acceptors (Lipinski definition) is 11. The van der Waals surface area contributed by atoms with Crippen molar-refractivity contribution in [1.29, 1.82) is 0 Å². The van der Waals surface area contributed by atoms with Crippen molar-refractivity contribution in [2.75, 3.05) is 13.2 Å². The van der Waals surface area contributed by atoms with Gasteiger partial charge < -0.3 is 30.6 Å². The Bertz CT molecular complexity index is 606. The molecule has 0 rings (SSSR count). The van der Waals surface area contributed by atoms with Gasteiger partial charge in [0.2, 0.25) is 19.7 Å². The minimum absolute atomic E-state index is 0. The summed E-state index contributed by atoms with van der Waals surface area (Å²) in [6, 6.07) is 0. The standard InChI is InChI=1S/C5H8O4.2C3H5ClO.C3H6O2.C2H4O3.4CH4.Cl2OS.ClH.O2S.H2O/c1-2-5(8)9-3-4(6)7;3*1-2-3(4)5;3-1-2(4)5;;;;;1-4(2)3;;1-3-2;/h2-3H2,1H3,(H,6,7);2*2H2,1H3;2H2,1H3,(H,4,5);3H,1H2,(H,4,5);4*1H4;;1H;;1H2. The number of carbonyl (C=O) groups excluding carboxylic acids is 3. The summed E-state index contributed by atoms with van der Waals surface area (Å²) < 4.78 is 29.9. The number of halogens is 5. The highest BCUT2D eigenvalue weighted by atomic mass is 36.0. The van der Waals surface area contributed by atoms with Crippen LogP contribution in [0.25, 0.3) is 0 Å². The van der Waals surface area contributed by atoms with Gasteiger partial charge in [-0.2, -0.15) is 8.42 Å². The normalized spacial score (nSPS) is 6.52. The third-order valence-corrected chi connectivity index (χ3v) is 2.17. The molecule has 0 amide bonds. The van der Waals surface area contributed by atoms with Gasteiger partial charge in [0.1, 0.15) is 6.61 Å². The maximum absolute atomic E-state index is 10.2. The van der Waals surface area contributed by atoms with Crippen LogP contribution in [-0.4, -0.2) is 86.1 Å². The molecule has 0 saturated heterocycles. The fourth-order valence-electron chi connectivity index (χ4n) is 0.244. The zero-order valence-corrected chi connectivity index (χ0v) is 25.8. The van der Waals surface area contributed by atoms with Gasteiger partial charge in [-0.15, -0.1) is 12.4 Å². The first-order valence-electron chi connectivity index (χ1n) is 8.84. The fraction of sp³-hybridized carbons (Fsp3) is 0.700. The van der Waals surface area contributed by atoms with Gasteiger partial charge >= 0.3 is 35.4 Å². The van der Waals surface area contributed by atoms with Gasteiger partial charge in [0.05, 0.1) is 0 Å². The summed E-state index contributed by atoms with van der Waals surface area (Å²) in [4.78, 5) is 57.6. The zero-order valence-electron chi connectivity index (χ0n) is 20.4. The Kier molecular flexibility index (Phi) is 154. The maximum Gasteiger partial charge on any atom is 0.341 e. The molecule has 0 heterocycles. The average molecular weight is 769 g/mol. The number of ether oxygens (including phenoxy) is 1. The highest BCUT2D eigenvalue weighted by Gasteiger charge is 2.00. The van der Waals surface area contributed by atoms with Crippen LogP contribution in [0.1, 0.15) is 83.1 Å². The van der Waals surface area contributed by atoms with E-state index in [9.17, 15) is 24.0 Å². The second kappa shape index (κ2) is 77.4. The van der Waals surface area contributed by atoms with Crippen LogP contribution in [0, 0.1) is 0 Å². The number of esters is 1. The smallest absolute Gasteiger partial charge is 0.341 e. The van der Waals surface area contributed by atoms with E-state index in [-0.39, 0.29) is 70.9 Å². The summed E-state index contributed by atoms with van der Waals surface area (Å²) in [7, 11) is 7.36. The average Bonchev–Trinajstić information content (AvgIpc) is 2.78. The second-order valence-corrected chi connectivity index (χ2v) is 7.88. The van der Waals surface area contributed by atoms with E-state index in [0.717, 1.165) is 0 Å². The molecule has 264 valence electrons. The predicted octanol–water partition coefficient (Wildman–Crippen LogP) is 4.41. The molecule has 0 aromatic rings. The van der Waals surface area contributed by atoms with Gasteiger partial charge in [0.15, 0.2) is 6.61 Å². The Hall–Kier alpha value is -1.44. The molecule has 6 N–H and O–H groups in total. The van der Waals surface area contributed by atoms with Gasteiger partial charge in [-0.25, -0.2) is 13.8 Å². The lowest BCUT2D eigenvalue weighted by Crippen LogP contribution is -2.11. The minimum Gasteiger partial charge on any atom is -0.481 e. The number of rotatable bonds is 7. The van der Waals surface area contributed by atoms with E-state index in [2.05, 4.69) is 26.1 Å². The van der Waals surface area contributed by atoms with E-state index in [1.165, 1.54) is 0 Å². The van der Waals surface area contributed by atoms with Crippen molar-refractivity contribution in [2.45, 2.75) is 83.1 Å². The molecule has 0 aromatic heterocycles. The molecule has 0 unspecified atom stereocenters. The molecule has 0 radical (unpaired) electrons. The second-order valence-electron chi connectivity index (χ2n) is 4.38. The molecule has 0 atom stereocenters. The van der Waals surface area contributed by atoms with Gasteiger partial charge in [-0.1, -0.05) is 57.4 Å². The van der Waals surface area contributed by atoms with E-state index >= 15 is 0 Å². The van der Waals surface area contributed by atoms with Gasteiger partial charge in [-0.3, -0.25) is 19.2 Å². The van der Waals surface area contributed by atoms with Crippen LogP contribution < -0.4 is 0 Å². The van der Waals surface area contributed by atoms with Crippen molar-refractivity contribution in [3.8, 4) is 0 Å². The maximum atomic E-state index is 10.2. The van der Waals surface area contributed by atoms with Gasteiger partial charge in [-0.05, 0) is 23.2 Å². The van der Waals surface area contributed by atoms with E-state index in [4.69, 9.17) is 61.0 Å². The topological polar surface area (TPSA) is 275 Å². The van der Waals surface area contributed by atoms with Crippen LogP contribution in [0.4, 0.5) is 0 Å². The fourth-order valence-corrected chi connectivity index (χ4v) is 0.244. The minimum atomic E-state index is -1.67. The predicted molar refractivity (Wildman–Crippen MR) is 170 cm³/mol. The Morgan fingerprint density at radius 2 is 0.881 bits per heavy atom. The molecule has 0 fully saturated rings. The largest absolute Gasteiger partial charge is 0.481 e. The lowest BCUT2D eigenvalue weighted by atomic mass is 10.5. The highest BCUT2D eigenvalue weighted by molar-refractivity contribution is 8.26. The molecule has 0 aliphatic rings. The molecular weight excluding hydrogens is 722 g/mol. The zero-order chi connectivity index (χ0) is 30.7. The van der Waals surface area contributed by atoms with E-state index < -0.39 is 57.9 Å². The lowest BCUT2D eigenvalue weighted by molar-refractivity contribution is -0.154. The molecule has 15 nitrogen and oxygen atoms in total. The summed E-state index contributed by atoms with van der Waals surface area (Å²) in [5, 5.41) is 30.2. The number of hydrogen-bond donors (Lipinski definition) is 4. The van der Waals surface area contributed by atoms with E-state index in [0.29, 0.717) is 12.8 Å². The number of aliphatic hydroxyl groups excluding tert-OH is 1. The highest BCUT2D eigenvalue weighted by Crippen LogP contribution is 1.89. The molecule has 0 spiro atoms. The van der Waals surface area contributed by atoms with Crippen molar-refractivity contribution in [1.82, 2.24) is 0 Å². The van der Waals surface area contributed by atoms with Crippen molar-refractivity contribution < 1.29 is 72.0 Å². The van der Waals surface area contributed by atoms with Gasteiger partial charge in [0, 0.05) is 47.0 Å². The Morgan fingerprint density at radius 1 is 0.690 bits per heavy atom. The van der Waals surface area contributed by atoms with Crippen LogP contribution in [-0.2, 0) is 54.3 Å². The van der Waals surface area contributed by atoms with Crippen LogP contribution in [0.3, 0.4) is 0 Å². The Morgan fingerprint density at radius 3 is 0.952 bits per heavy atom. The number of aliphatic carboxylic acids is 3. The summed E-state index contributed by atoms with van der Waals surface area (Å²) in [5.74, 6) is -3.55. The summed E-state index contributed by atoms with van der Waals surface area (Å²) >= 11 is 8.90. The van der Waals surface area contributed by atoms with Crippen LogP contribution in [0.2, 0.25) is 0 Å². The number of carbonyl (C=O) groups is 6. The molecule has 0 aromatic carbocycles. The van der Waals surface area contributed by atoms with Crippen molar-refractivity contribution >= 4 is 112 Å². The quantitative estimate of drug-likeness (QED) is 0.206. The Balaban J connectivity index is -0.0000000212. The Labute approximate surface area is 279 Å². The van der Waals surface area contributed by atoms with Crippen molar-refractivity contribution in [3.63, 3.8) is 0 Å². The first kappa shape index (κ1) is 83.6. The van der Waals surface area contributed by atoms with Crippen LogP contribution >= 0.6 is 57.0 Å². The lowest BCUT2D eigenvalue weighted by Gasteiger charge is -1.95. The van der Waals surface area contributed by atoms with Crippen molar-refractivity contribution in [3.05, 3.63) is 0 Å². The molecular formula is C20H47Cl5O15S2. The SMILES string of the molecule is C.C.C.C.CCC(=O)Cl.CCC(=O)Cl.CCC(=O)O.CCC(=O)OCC(=O)O.Cl.O.O=C(O)CO.O=S(Cl)Cl.O=S=O. The van der Waals surface area contributed by atoms with Gasteiger partial charge in [0.25, 0.3) is 0 Å². The molecule has 0 bridgehead atoms. The first-order valence-corrected chi connectivity index (χ1v) is 13.1. The summed E-state index contributed by atoms with van der Waals surface area (Å²) in [5.41, 5.74) is 0. The van der Waals surface area contributed by atoms with E-state index in [1.807, 2.05) is 0 Å². The third kappa shape index (κ3) is 296. The van der Waals surface area contributed by atoms with Crippen molar-refractivity contribution in [2.24, 2.45) is 0 Å². The molecule has 22 heteroatoms. The third-order valence-electron chi connectivity index (χ3n) is 1.64. The first-order chi connectivity index (χ1) is 16.4. The van der Waals surface area contributed by atoms with Crippen LogP contribution in [0.5, 0.6) is 0 Å². The summed E-state index contributed by atoms with van der Waals surface area (Å²) in [6.45, 7) is 5.32. The molecule has 0 saturated carbocycles. The number of carboxylic acids is 3. The molecule has 0 aliphatic heterocycles. The van der Waals surface area contributed by atoms with Crippen LogP contribution in [0.15, 0.2) is 0 Å². The monoisotopic (exact) mass is 766 g/mol. The number of carboxylic acid groups (broad SMARTS) is 3. The molecule has 0 aliphatic carbocycles. The van der Waals surface area contributed by atoms with E-state index in [1.54, 1.807) is 27.7 Å². The summed E-state index contributed by atoms with van der Waals surface area (Å²) in [6.07, 6.45) is 1.30.